The standard InChI is InChI=1S/C17H27N3O.HI/c1-4-18-17(19-11-14-8-9-14)20-12-15-6-5-7-16(10-15)21-13(2)3;/h5-7,10,13-14H,4,8-9,11-12H2,1-3H3,(H2,18,19,20);1H. The predicted octanol–water partition coefficient (Wildman–Crippen LogP) is 3.56. The van der Waals surface area contributed by atoms with Gasteiger partial charge in [-0.1, -0.05) is 12.1 Å². The molecule has 1 aromatic carbocycles. The van der Waals surface area contributed by atoms with Gasteiger partial charge in [-0.3, -0.25) is 0 Å². The molecule has 124 valence electrons. The molecular formula is C17H28IN3O. The number of halogens is 1. The molecule has 2 rings (SSSR count). The predicted molar refractivity (Wildman–Crippen MR) is 103 cm³/mol. The minimum atomic E-state index is 0. The minimum Gasteiger partial charge on any atom is -0.491 e. The van der Waals surface area contributed by atoms with Crippen molar-refractivity contribution in [2.24, 2.45) is 10.9 Å². The van der Waals surface area contributed by atoms with Gasteiger partial charge < -0.3 is 15.4 Å². The van der Waals surface area contributed by atoms with Crippen molar-refractivity contribution in [1.29, 1.82) is 0 Å². The second-order valence-corrected chi connectivity index (χ2v) is 5.83. The molecule has 1 saturated carbocycles. The summed E-state index contributed by atoms with van der Waals surface area (Å²) < 4.78 is 5.72. The Kier molecular flexibility index (Phi) is 8.60. The Morgan fingerprint density at radius 3 is 2.73 bits per heavy atom. The molecule has 0 unspecified atom stereocenters. The maximum Gasteiger partial charge on any atom is 0.191 e. The van der Waals surface area contributed by atoms with E-state index >= 15 is 0 Å². The zero-order valence-electron chi connectivity index (χ0n) is 13.8. The fraction of sp³-hybridized carbons (Fsp3) is 0.588. The maximum absolute atomic E-state index is 5.72. The fourth-order valence-corrected chi connectivity index (χ4v) is 2.06. The normalized spacial score (nSPS) is 14.5. The summed E-state index contributed by atoms with van der Waals surface area (Å²) in [6.07, 6.45) is 2.89. The van der Waals surface area contributed by atoms with Crippen LogP contribution in [0.15, 0.2) is 29.3 Å². The third-order valence-electron chi connectivity index (χ3n) is 3.29. The Balaban J connectivity index is 0.00000242. The highest BCUT2D eigenvalue weighted by Gasteiger charge is 2.20. The van der Waals surface area contributed by atoms with Crippen molar-refractivity contribution in [3.63, 3.8) is 0 Å². The number of ether oxygens (including phenoxy) is 1. The molecule has 0 saturated heterocycles. The largest absolute Gasteiger partial charge is 0.491 e. The second-order valence-electron chi connectivity index (χ2n) is 5.83. The Morgan fingerprint density at radius 2 is 2.09 bits per heavy atom. The summed E-state index contributed by atoms with van der Waals surface area (Å²) in [5.74, 6) is 2.66. The molecule has 1 aromatic rings. The first kappa shape index (κ1) is 19.1. The van der Waals surface area contributed by atoms with E-state index in [1.807, 2.05) is 26.0 Å². The highest BCUT2D eigenvalue weighted by molar-refractivity contribution is 14.0. The van der Waals surface area contributed by atoms with E-state index in [4.69, 9.17) is 4.74 Å². The zero-order valence-corrected chi connectivity index (χ0v) is 16.1. The molecule has 0 aliphatic heterocycles. The quantitative estimate of drug-likeness (QED) is 0.405. The van der Waals surface area contributed by atoms with E-state index in [9.17, 15) is 0 Å². The molecule has 1 fully saturated rings. The van der Waals surface area contributed by atoms with Crippen LogP contribution in [0.25, 0.3) is 0 Å². The summed E-state index contributed by atoms with van der Waals surface area (Å²) in [5, 5.41) is 6.70. The van der Waals surface area contributed by atoms with Crippen LogP contribution in [0.3, 0.4) is 0 Å². The molecule has 0 aromatic heterocycles. The Morgan fingerprint density at radius 1 is 1.32 bits per heavy atom. The van der Waals surface area contributed by atoms with Crippen LogP contribution in [0.1, 0.15) is 39.2 Å². The highest BCUT2D eigenvalue weighted by atomic mass is 127. The first-order valence-corrected chi connectivity index (χ1v) is 7.95. The van der Waals surface area contributed by atoms with Gasteiger partial charge in [-0.15, -0.1) is 24.0 Å². The first-order chi connectivity index (χ1) is 10.2. The molecule has 0 spiro atoms. The SMILES string of the molecule is CCNC(=NCc1cccc(OC(C)C)c1)NCC1CC1.I. The van der Waals surface area contributed by atoms with E-state index in [0.29, 0.717) is 6.54 Å². The highest BCUT2D eigenvalue weighted by Crippen LogP contribution is 2.27. The van der Waals surface area contributed by atoms with Gasteiger partial charge >= 0.3 is 0 Å². The summed E-state index contributed by atoms with van der Waals surface area (Å²) in [6.45, 7) is 8.74. The smallest absolute Gasteiger partial charge is 0.191 e. The summed E-state index contributed by atoms with van der Waals surface area (Å²) in [7, 11) is 0. The first-order valence-electron chi connectivity index (χ1n) is 7.95. The zero-order chi connectivity index (χ0) is 15.1. The summed E-state index contributed by atoms with van der Waals surface area (Å²) >= 11 is 0. The lowest BCUT2D eigenvalue weighted by Gasteiger charge is -2.12. The lowest BCUT2D eigenvalue weighted by Crippen LogP contribution is -2.38. The van der Waals surface area contributed by atoms with Crippen molar-refractivity contribution in [2.45, 2.75) is 46.3 Å². The molecule has 0 heterocycles. The van der Waals surface area contributed by atoms with Crippen LogP contribution < -0.4 is 15.4 Å². The lowest BCUT2D eigenvalue weighted by atomic mass is 10.2. The number of aliphatic imine (C=N–C) groups is 1. The number of hydrogen-bond donors (Lipinski definition) is 2. The van der Waals surface area contributed by atoms with Crippen molar-refractivity contribution in [2.75, 3.05) is 13.1 Å². The Labute approximate surface area is 151 Å². The number of nitrogens with one attached hydrogen (secondary N) is 2. The second kappa shape index (κ2) is 9.92. The molecule has 1 aliphatic carbocycles. The van der Waals surface area contributed by atoms with Gasteiger partial charge in [0, 0.05) is 13.1 Å². The molecule has 0 atom stereocenters. The third-order valence-corrected chi connectivity index (χ3v) is 3.29. The Bertz CT molecular complexity index is 473. The Hall–Kier alpha value is -0.980. The van der Waals surface area contributed by atoms with Crippen molar-refractivity contribution in [1.82, 2.24) is 10.6 Å². The van der Waals surface area contributed by atoms with Crippen molar-refractivity contribution < 1.29 is 4.74 Å². The molecule has 4 nitrogen and oxygen atoms in total. The monoisotopic (exact) mass is 417 g/mol. The van der Waals surface area contributed by atoms with E-state index in [1.54, 1.807) is 0 Å². The molecule has 5 heteroatoms. The number of benzene rings is 1. The molecular weight excluding hydrogens is 389 g/mol. The maximum atomic E-state index is 5.72. The topological polar surface area (TPSA) is 45.7 Å². The average molecular weight is 417 g/mol. The summed E-state index contributed by atoms with van der Waals surface area (Å²) in [4.78, 5) is 4.64. The van der Waals surface area contributed by atoms with Crippen LogP contribution in [-0.4, -0.2) is 25.2 Å². The van der Waals surface area contributed by atoms with E-state index in [-0.39, 0.29) is 30.1 Å². The molecule has 0 bridgehead atoms. The van der Waals surface area contributed by atoms with Gasteiger partial charge in [0.05, 0.1) is 12.6 Å². The van der Waals surface area contributed by atoms with Crippen molar-refractivity contribution >= 4 is 29.9 Å². The van der Waals surface area contributed by atoms with Crippen molar-refractivity contribution in [3.05, 3.63) is 29.8 Å². The average Bonchev–Trinajstić information content (AvgIpc) is 3.26. The summed E-state index contributed by atoms with van der Waals surface area (Å²) in [6, 6.07) is 8.16. The van der Waals surface area contributed by atoms with Gasteiger partial charge in [-0.25, -0.2) is 4.99 Å². The van der Waals surface area contributed by atoms with Crippen LogP contribution in [-0.2, 0) is 6.54 Å². The molecule has 2 N–H and O–H groups in total. The van der Waals surface area contributed by atoms with Gasteiger partial charge in [-0.05, 0) is 57.2 Å². The van der Waals surface area contributed by atoms with Gasteiger partial charge in [0.1, 0.15) is 5.75 Å². The molecule has 1 aliphatic rings. The van der Waals surface area contributed by atoms with Crippen LogP contribution >= 0.6 is 24.0 Å². The van der Waals surface area contributed by atoms with Gasteiger partial charge in [0.2, 0.25) is 0 Å². The lowest BCUT2D eigenvalue weighted by molar-refractivity contribution is 0.242. The van der Waals surface area contributed by atoms with Gasteiger partial charge in [0.25, 0.3) is 0 Å². The number of rotatable bonds is 7. The van der Waals surface area contributed by atoms with Crippen LogP contribution in [0, 0.1) is 5.92 Å². The van der Waals surface area contributed by atoms with Crippen LogP contribution in [0.4, 0.5) is 0 Å². The minimum absolute atomic E-state index is 0. The van der Waals surface area contributed by atoms with E-state index in [1.165, 1.54) is 12.8 Å². The molecule has 0 amide bonds. The van der Waals surface area contributed by atoms with E-state index in [2.05, 4.69) is 34.7 Å². The van der Waals surface area contributed by atoms with Crippen LogP contribution in [0.2, 0.25) is 0 Å². The number of hydrogen-bond acceptors (Lipinski definition) is 2. The molecule has 22 heavy (non-hydrogen) atoms. The number of guanidine groups is 1. The fourth-order valence-electron chi connectivity index (χ4n) is 2.06. The third kappa shape index (κ3) is 7.33. The van der Waals surface area contributed by atoms with Crippen molar-refractivity contribution in [3.8, 4) is 5.75 Å². The van der Waals surface area contributed by atoms with E-state index < -0.39 is 0 Å². The van der Waals surface area contributed by atoms with Gasteiger partial charge in [0.15, 0.2) is 5.96 Å². The van der Waals surface area contributed by atoms with Gasteiger partial charge in [-0.2, -0.15) is 0 Å². The molecule has 0 radical (unpaired) electrons. The number of nitrogens with zero attached hydrogens (tertiary/aromatic N) is 1. The summed E-state index contributed by atoms with van der Waals surface area (Å²) in [5.41, 5.74) is 1.16. The van der Waals surface area contributed by atoms with E-state index in [0.717, 1.165) is 36.3 Å². The van der Waals surface area contributed by atoms with Crippen LogP contribution in [0.5, 0.6) is 5.75 Å².